The van der Waals surface area contributed by atoms with E-state index in [0.717, 1.165) is 6.54 Å². The molecule has 0 aliphatic heterocycles. The van der Waals surface area contributed by atoms with Crippen molar-refractivity contribution in [3.05, 3.63) is 35.6 Å². The number of halogens is 2. The number of rotatable bonds is 5. The minimum Gasteiger partial charge on any atom is -0.385 e. The van der Waals surface area contributed by atoms with Crippen LogP contribution in [0.15, 0.2) is 24.3 Å². The van der Waals surface area contributed by atoms with Crippen molar-refractivity contribution < 1.29 is 9.50 Å². The molecule has 0 aliphatic carbocycles. The van der Waals surface area contributed by atoms with E-state index < -0.39 is 5.60 Å². The molecular formula is C14H23ClFNO. The first-order chi connectivity index (χ1) is 7.90. The molecule has 0 amide bonds. The molecule has 2 atom stereocenters. The number of aliphatic hydroxyl groups is 1. The molecule has 4 heteroatoms. The molecule has 0 spiro atoms. The van der Waals surface area contributed by atoms with E-state index in [1.807, 2.05) is 32.8 Å². The third-order valence-corrected chi connectivity index (χ3v) is 3.32. The quantitative estimate of drug-likeness (QED) is 0.893. The number of hydrogen-bond donors (Lipinski definition) is 1. The highest BCUT2D eigenvalue weighted by Crippen LogP contribution is 2.33. The van der Waals surface area contributed by atoms with E-state index in [-0.39, 0.29) is 24.1 Å². The second-order valence-corrected chi connectivity index (χ2v) is 4.95. The lowest BCUT2D eigenvalue weighted by atomic mass is 9.80. The molecule has 1 rings (SSSR count). The van der Waals surface area contributed by atoms with Gasteiger partial charge in [0, 0.05) is 12.5 Å². The van der Waals surface area contributed by atoms with Gasteiger partial charge < -0.3 is 10.0 Å². The molecule has 18 heavy (non-hydrogen) atoms. The van der Waals surface area contributed by atoms with Gasteiger partial charge in [-0.3, -0.25) is 0 Å². The van der Waals surface area contributed by atoms with Gasteiger partial charge in [-0.1, -0.05) is 26.0 Å². The van der Waals surface area contributed by atoms with Crippen LogP contribution >= 0.6 is 12.4 Å². The minimum absolute atomic E-state index is 0. The van der Waals surface area contributed by atoms with Crippen molar-refractivity contribution in [1.29, 1.82) is 0 Å². The lowest BCUT2D eigenvalue weighted by Crippen LogP contribution is -2.38. The summed E-state index contributed by atoms with van der Waals surface area (Å²) in [6, 6.07) is 6.26. The Morgan fingerprint density at radius 3 is 2.44 bits per heavy atom. The maximum Gasteiger partial charge on any atom is 0.123 e. The van der Waals surface area contributed by atoms with E-state index in [4.69, 9.17) is 0 Å². The zero-order valence-electron chi connectivity index (χ0n) is 11.5. The van der Waals surface area contributed by atoms with Gasteiger partial charge >= 0.3 is 0 Å². The normalized spacial score (nSPS) is 15.9. The monoisotopic (exact) mass is 275 g/mol. The van der Waals surface area contributed by atoms with Crippen molar-refractivity contribution in [3.8, 4) is 0 Å². The van der Waals surface area contributed by atoms with Crippen LogP contribution < -0.4 is 0 Å². The fraction of sp³-hybridized carbons (Fsp3) is 0.571. The van der Waals surface area contributed by atoms with Crippen LogP contribution in [0, 0.1) is 11.7 Å². The summed E-state index contributed by atoms with van der Waals surface area (Å²) in [5.74, 6) is -0.254. The van der Waals surface area contributed by atoms with E-state index in [9.17, 15) is 9.50 Å². The molecule has 0 radical (unpaired) electrons. The summed E-state index contributed by atoms with van der Waals surface area (Å²) in [6.45, 7) is 4.69. The molecule has 1 aromatic carbocycles. The van der Waals surface area contributed by atoms with Crippen LogP contribution in [0.4, 0.5) is 4.39 Å². The molecule has 0 fully saturated rings. The summed E-state index contributed by atoms with van der Waals surface area (Å²) >= 11 is 0. The van der Waals surface area contributed by atoms with E-state index in [2.05, 4.69) is 0 Å². The fourth-order valence-electron chi connectivity index (χ4n) is 2.29. The molecular weight excluding hydrogens is 253 g/mol. The van der Waals surface area contributed by atoms with Gasteiger partial charge in [0.2, 0.25) is 0 Å². The van der Waals surface area contributed by atoms with E-state index in [0.29, 0.717) is 12.0 Å². The molecule has 0 aromatic heterocycles. The highest BCUT2D eigenvalue weighted by atomic mass is 35.5. The Bertz CT molecular complexity index is 373. The molecule has 1 aromatic rings. The summed E-state index contributed by atoms with van der Waals surface area (Å²) in [4.78, 5) is 2.03. The highest BCUT2D eigenvalue weighted by Gasteiger charge is 2.34. The first kappa shape index (κ1) is 17.4. The predicted octanol–water partition coefficient (Wildman–Crippen LogP) is 3.04. The predicted molar refractivity (Wildman–Crippen MR) is 75.6 cm³/mol. The van der Waals surface area contributed by atoms with Crippen molar-refractivity contribution in [1.82, 2.24) is 4.90 Å². The SMILES string of the molecule is CCC(O)(c1cccc(F)c1)C(C)CN(C)C.Cl. The maximum absolute atomic E-state index is 13.2. The molecule has 104 valence electrons. The lowest BCUT2D eigenvalue weighted by Gasteiger charge is -2.35. The summed E-state index contributed by atoms with van der Waals surface area (Å²) < 4.78 is 13.2. The number of nitrogens with zero attached hydrogens (tertiary/aromatic N) is 1. The first-order valence-corrected chi connectivity index (χ1v) is 6.03. The van der Waals surface area contributed by atoms with Crippen LogP contribution in [-0.2, 0) is 5.60 Å². The molecule has 0 bridgehead atoms. The second kappa shape index (κ2) is 7.07. The minimum atomic E-state index is -0.966. The van der Waals surface area contributed by atoms with E-state index in [1.165, 1.54) is 12.1 Å². The zero-order chi connectivity index (χ0) is 13.1. The van der Waals surface area contributed by atoms with Gasteiger partial charge in [0.25, 0.3) is 0 Å². The van der Waals surface area contributed by atoms with Gasteiger partial charge in [0.1, 0.15) is 5.82 Å². The molecule has 0 saturated heterocycles. The Morgan fingerprint density at radius 2 is 2.00 bits per heavy atom. The van der Waals surface area contributed by atoms with Crippen molar-refractivity contribution in [2.45, 2.75) is 25.9 Å². The first-order valence-electron chi connectivity index (χ1n) is 6.03. The fourth-order valence-corrected chi connectivity index (χ4v) is 2.29. The zero-order valence-corrected chi connectivity index (χ0v) is 12.3. The van der Waals surface area contributed by atoms with Crippen LogP contribution in [0.1, 0.15) is 25.8 Å². The number of benzene rings is 1. The van der Waals surface area contributed by atoms with Crippen molar-refractivity contribution in [2.75, 3.05) is 20.6 Å². The Kier molecular flexibility index (Phi) is 6.82. The average molecular weight is 276 g/mol. The van der Waals surface area contributed by atoms with Gasteiger partial charge in [-0.25, -0.2) is 4.39 Å². The lowest BCUT2D eigenvalue weighted by molar-refractivity contribution is -0.0294. The molecule has 0 saturated carbocycles. The molecule has 1 N–H and O–H groups in total. The summed E-state index contributed by atoms with van der Waals surface area (Å²) in [5, 5.41) is 10.7. The van der Waals surface area contributed by atoms with Gasteiger partial charge in [0.05, 0.1) is 5.60 Å². The Balaban J connectivity index is 0.00000289. The summed E-state index contributed by atoms with van der Waals surface area (Å²) in [7, 11) is 3.94. The summed E-state index contributed by atoms with van der Waals surface area (Å²) in [5.41, 5.74) is -0.304. The maximum atomic E-state index is 13.2. The summed E-state index contributed by atoms with van der Waals surface area (Å²) in [6.07, 6.45) is 0.575. The van der Waals surface area contributed by atoms with Gasteiger partial charge in [0.15, 0.2) is 0 Å². The van der Waals surface area contributed by atoms with Crippen molar-refractivity contribution in [2.24, 2.45) is 5.92 Å². The molecule has 2 unspecified atom stereocenters. The van der Waals surface area contributed by atoms with Crippen LogP contribution in [0.3, 0.4) is 0 Å². The van der Waals surface area contributed by atoms with Crippen LogP contribution in [-0.4, -0.2) is 30.6 Å². The second-order valence-electron chi connectivity index (χ2n) is 4.95. The topological polar surface area (TPSA) is 23.5 Å². The van der Waals surface area contributed by atoms with Crippen molar-refractivity contribution in [3.63, 3.8) is 0 Å². The van der Waals surface area contributed by atoms with Gasteiger partial charge in [-0.15, -0.1) is 12.4 Å². The van der Waals surface area contributed by atoms with E-state index >= 15 is 0 Å². The van der Waals surface area contributed by atoms with Gasteiger partial charge in [-0.05, 0) is 38.2 Å². The van der Waals surface area contributed by atoms with Crippen molar-refractivity contribution >= 4 is 12.4 Å². The van der Waals surface area contributed by atoms with Crippen LogP contribution in [0.2, 0.25) is 0 Å². The highest BCUT2D eigenvalue weighted by molar-refractivity contribution is 5.85. The number of hydrogen-bond acceptors (Lipinski definition) is 2. The largest absolute Gasteiger partial charge is 0.385 e. The van der Waals surface area contributed by atoms with Crippen LogP contribution in [0.5, 0.6) is 0 Å². The molecule has 0 heterocycles. The smallest absolute Gasteiger partial charge is 0.123 e. The van der Waals surface area contributed by atoms with E-state index in [1.54, 1.807) is 12.1 Å². The molecule has 2 nitrogen and oxygen atoms in total. The Hall–Kier alpha value is -0.640. The Labute approximate surface area is 115 Å². The Morgan fingerprint density at radius 1 is 1.39 bits per heavy atom. The average Bonchev–Trinajstić information content (AvgIpc) is 2.27. The standard InChI is InChI=1S/C14H22FNO.ClH/c1-5-14(17,11(2)10-16(3)4)12-7-6-8-13(15)9-12;/h6-9,11,17H,5,10H2,1-4H3;1H. The molecule has 0 aliphatic rings. The third-order valence-electron chi connectivity index (χ3n) is 3.32. The van der Waals surface area contributed by atoms with Crippen LogP contribution in [0.25, 0.3) is 0 Å². The third kappa shape index (κ3) is 3.94. The van der Waals surface area contributed by atoms with Gasteiger partial charge in [-0.2, -0.15) is 0 Å².